The lowest BCUT2D eigenvalue weighted by atomic mass is 10.1. The van der Waals surface area contributed by atoms with Gasteiger partial charge in [0, 0.05) is 44.8 Å². The highest BCUT2D eigenvalue weighted by atomic mass is 16.5. The Labute approximate surface area is 188 Å². The predicted octanol–water partition coefficient (Wildman–Crippen LogP) is 3.10. The number of aryl methyl sites for hydroxylation is 2. The molecule has 0 spiro atoms. The molecule has 32 heavy (non-hydrogen) atoms. The van der Waals surface area contributed by atoms with Crippen molar-refractivity contribution in [1.29, 1.82) is 0 Å². The Balaban J connectivity index is 1.63. The summed E-state index contributed by atoms with van der Waals surface area (Å²) in [5, 5.41) is 3.93. The first-order chi connectivity index (χ1) is 15.4. The van der Waals surface area contributed by atoms with Crippen LogP contribution in [0, 0.1) is 13.8 Å². The fraction of sp³-hybridized carbons (Fsp3) is 0.522. The van der Waals surface area contributed by atoms with Crippen molar-refractivity contribution in [2.24, 2.45) is 0 Å². The van der Waals surface area contributed by atoms with E-state index in [4.69, 9.17) is 14.0 Å². The van der Waals surface area contributed by atoms with E-state index in [1.54, 1.807) is 35.1 Å². The molecule has 1 aromatic carbocycles. The van der Waals surface area contributed by atoms with E-state index in [1.807, 2.05) is 32.6 Å². The number of carbonyl (C=O) groups excluding carboxylic acids is 2. The van der Waals surface area contributed by atoms with Gasteiger partial charge in [0.25, 0.3) is 5.91 Å². The number of piperazine rings is 1. The van der Waals surface area contributed by atoms with E-state index in [2.05, 4.69) is 5.16 Å². The number of aromatic nitrogens is 1. The topological polar surface area (TPSA) is 88.4 Å². The van der Waals surface area contributed by atoms with Crippen molar-refractivity contribution in [1.82, 2.24) is 19.9 Å². The molecule has 174 valence electrons. The molecular formula is C23H32N4O5. The van der Waals surface area contributed by atoms with Crippen LogP contribution in [0.4, 0.5) is 4.79 Å². The average molecular weight is 445 g/mol. The van der Waals surface area contributed by atoms with Gasteiger partial charge in [-0.2, -0.15) is 0 Å². The Morgan fingerprint density at radius 2 is 1.72 bits per heavy atom. The minimum Gasteiger partial charge on any atom is -0.493 e. The molecule has 0 saturated carbocycles. The van der Waals surface area contributed by atoms with E-state index < -0.39 is 0 Å². The Bertz CT molecular complexity index is 926. The van der Waals surface area contributed by atoms with E-state index in [0.29, 0.717) is 68.7 Å². The fourth-order valence-corrected chi connectivity index (χ4v) is 3.76. The lowest BCUT2D eigenvalue weighted by Gasteiger charge is -2.37. The van der Waals surface area contributed by atoms with Crippen LogP contribution in [0.5, 0.6) is 11.5 Å². The molecule has 1 saturated heterocycles. The van der Waals surface area contributed by atoms with Crippen molar-refractivity contribution in [3.63, 3.8) is 0 Å². The van der Waals surface area contributed by atoms with Gasteiger partial charge >= 0.3 is 6.03 Å². The summed E-state index contributed by atoms with van der Waals surface area (Å²) < 4.78 is 16.5. The zero-order valence-corrected chi connectivity index (χ0v) is 19.5. The van der Waals surface area contributed by atoms with E-state index in [0.717, 1.165) is 11.3 Å². The van der Waals surface area contributed by atoms with Crippen molar-refractivity contribution in [3.8, 4) is 11.5 Å². The highest BCUT2D eigenvalue weighted by Gasteiger charge is 2.27. The van der Waals surface area contributed by atoms with Gasteiger partial charge in [0.05, 0.1) is 18.4 Å². The molecule has 0 atom stereocenters. The van der Waals surface area contributed by atoms with Crippen LogP contribution in [-0.2, 0) is 6.61 Å². The van der Waals surface area contributed by atoms with Crippen molar-refractivity contribution in [2.45, 2.75) is 34.3 Å². The van der Waals surface area contributed by atoms with Gasteiger partial charge in [-0.3, -0.25) is 4.79 Å². The van der Waals surface area contributed by atoms with Gasteiger partial charge in [-0.05, 0) is 45.9 Å². The van der Waals surface area contributed by atoms with E-state index in [-0.39, 0.29) is 11.9 Å². The zero-order chi connectivity index (χ0) is 23.3. The number of ether oxygens (including phenoxy) is 2. The van der Waals surface area contributed by atoms with Crippen LogP contribution in [0.1, 0.15) is 41.2 Å². The molecule has 0 aliphatic carbocycles. The minimum atomic E-state index is -0.0875. The number of urea groups is 1. The highest BCUT2D eigenvalue weighted by Crippen LogP contribution is 2.30. The molecule has 0 N–H and O–H groups in total. The highest BCUT2D eigenvalue weighted by molar-refractivity contribution is 5.95. The quantitative estimate of drug-likeness (QED) is 0.652. The summed E-state index contributed by atoms with van der Waals surface area (Å²) in [6.07, 6.45) is 0. The first-order valence-corrected chi connectivity index (χ1v) is 10.9. The van der Waals surface area contributed by atoms with E-state index >= 15 is 0 Å². The van der Waals surface area contributed by atoms with Crippen LogP contribution in [0.15, 0.2) is 22.7 Å². The van der Waals surface area contributed by atoms with Gasteiger partial charge in [-0.15, -0.1) is 0 Å². The lowest BCUT2D eigenvalue weighted by molar-refractivity contribution is 0.0641. The second-order valence-corrected chi connectivity index (χ2v) is 7.69. The molecule has 9 nitrogen and oxygen atoms in total. The third-order valence-electron chi connectivity index (χ3n) is 5.84. The minimum absolute atomic E-state index is 0.0311. The zero-order valence-electron chi connectivity index (χ0n) is 19.5. The summed E-state index contributed by atoms with van der Waals surface area (Å²) >= 11 is 0. The second kappa shape index (κ2) is 10.4. The molecule has 1 fully saturated rings. The van der Waals surface area contributed by atoms with Crippen LogP contribution in [0.25, 0.3) is 0 Å². The summed E-state index contributed by atoms with van der Waals surface area (Å²) in [5.41, 5.74) is 2.20. The number of hydrogen-bond acceptors (Lipinski definition) is 6. The van der Waals surface area contributed by atoms with Gasteiger partial charge in [-0.25, -0.2) is 4.79 Å². The van der Waals surface area contributed by atoms with Crippen molar-refractivity contribution < 1.29 is 23.6 Å². The van der Waals surface area contributed by atoms with Crippen LogP contribution < -0.4 is 9.47 Å². The monoisotopic (exact) mass is 444 g/mol. The number of methoxy groups -OCH3 is 1. The maximum Gasteiger partial charge on any atom is 0.320 e. The van der Waals surface area contributed by atoms with Crippen LogP contribution in [-0.4, -0.2) is 78.2 Å². The van der Waals surface area contributed by atoms with Gasteiger partial charge in [0.1, 0.15) is 12.4 Å². The first-order valence-electron chi connectivity index (χ1n) is 10.9. The largest absolute Gasteiger partial charge is 0.493 e. The molecule has 1 aromatic heterocycles. The molecule has 0 radical (unpaired) electrons. The number of amides is 3. The summed E-state index contributed by atoms with van der Waals surface area (Å²) in [6, 6.07) is 5.20. The maximum absolute atomic E-state index is 13.0. The SMILES string of the molecule is CCN(CC)C(=O)N1CCN(C(=O)c2ccc(OCc3c(C)noc3C)c(OC)c2)CC1. The predicted molar refractivity (Wildman–Crippen MR) is 119 cm³/mol. The third-order valence-corrected chi connectivity index (χ3v) is 5.84. The number of rotatable bonds is 7. The van der Waals surface area contributed by atoms with Gasteiger partial charge in [-0.1, -0.05) is 5.16 Å². The molecule has 3 amide bonds. The number of nitrogens with zero attached hydrogens (tertiary/aromatic N) is 4. The molecule has 3 rings (SSSR count). The number of hydrogen-bond donors (Lipinski definition) is 0. The molecule has 1 aliphatic rings. The normalized spacial score (nSPS) is 13.8. The third kappa shape index (κ3) is 4.98. The molecule has 2 aromatic rings. The van der Waals surface area contributed by atoms with Crippen LogP contribution in [0.2, 0.25) is 0 Å². The number of carbonyl (C=O) groups is 2. The Morgan fingerprint density at radius 1 is 1.06 bits per heavy atom. The van der Waals surface area contributed by atoms with Crippen molar-refractivity contribution in [2.75, 3.05) is 46.4 Å². The Morgan fingerprint density at radius 3 is 2.28 bits per heavy atom. The van der Waals surface area contributed by atoms with Gasteiger partial charge in [0.2, 0.25) is 0 Å². The smallest absolute Gasteiger partial charge is 0.320 e. The lowest BCUT2D eigenvalue weighted by Crippen LogP contribution is -2.54. The average Bonchev–Trinajstić information content (AvgIpc) is 3.14. The van der Waals surface area contributed by atoms with Crippen LogP contribution >= 0.6 is 0 Å². The molecule has 2 heterocycles. The summed E-state index contributed by atoms with van der Waals surface area (Å²) in [5.74, 6) is 1.65. The van der Waals surface area contributed by atoms with Gasteiger partial charge in [0.15, 0.2) is 11.5 Å². The van der Waals surface area contributed by atoms with Crippen LogP contribution in [0.3, 0.4) is 0 Å². The summed E-state index contributed by atoms with van der Waals surface area (Å²) in [4.78, 5) is 30.9. The maximum atomic E-state index is 13.0. The molecule has 0 bridgehead atoms. The molecular weight excluding hydrogens is 412 g/mol. The second-order valence-electron chi connectivity index (χ2n) is 7.69. The fourth-order valence-electron chi connectivity index (χ4n) is 3.76. The molecule has 9 heteroatoms. The first kappa shape index (κ1) is 23.4. The molecule has 0 unspecified atom stereocenters. The van der Waals surface area contributed by atoms with E-state index in [1.165, 1.54) is 0 Å². The van der Waals surface area contributed by atoms with Gasteiger partial charge < -0.3 is 28.7 Å². The number of benzene rings is 1. The summed E-state index contributed by atoms with van der Waals surface area (Å²) in [7, 11) is 1.55. The van der Waals surface area contributed by atoms with E-state index in [9.17, 15) is 9.59 Å². The Hall–Kier alpha value is -3.23. The van der Waals surface area contributed by atoms with Crippen molar-refractivity contribution >= 4 is 11.9 Å². The Kier molecular flexibility index (Phi) is 7.61. The van der Waals surface area contributed by atoms with Crippen molar-refractivity contribution in [3.05, 3.63) is 40.8 Å². The summed E-state index contributed by atoms with van der Waals surface area (Å²) in [6.45, 7) is 11.3. The standard InChI is InChI=1S/C23H32N4O5/c1-6-25(7-2)23(29)27-12-10-26(11-13-27)22(28)18-8-9-20(21(14-18)30-5)31-15-19-16(3)24-32-17(19)4/h8-9,14H,6-7,10-13,15H2,1-5H3. The molecule has 1 aliphatic heterocycles.